The fourth-order valence-corrected chi connectivity index (χ4v) is 3.16. The molecule has 4 heterocycles. The number of hydrogen-bond acceptors (Lipinski definition) is 8. The van der Waals surface area contributed by atoms with Crippen LogP contribution in [0.25, 0.3) is 10.6 Å². The van der Waals surface area contributed by atoms with Gasteiger partial charge < -0.3 is 14.4 Å². The predicted octanol–water partition coefficient (Wildman–Crippen LogP) is 1.38. The molecule has 0 radical (unpaired) electrons. The van der Waals surface area contributed by atoms with Crippen molar-refractivity contribution in [3.8, 4) is 10.6 Å². The third-order valence-corrected chi connectivity index (χ3v) is 5.00. The number of aliphatic hydroxyl groups is 1. The van der Waals surface area contributed by atoms with Crippen LogP contribution in [0.3, 0.4) is 0 Å². The maximum atomic E-state index is 12.3. The van der Waals surface area contributed by atoms with Crippen molar-refractivity contribution in [2.75, 3.05) is 6.54 Å². The van der Waals surface area contributed by atoms with Crippen LogP contribution in [-0.2, 0) is 6.42 Å². The summed E-state index contributed by atoms with van der Waals surface area (Å²) in [7, 11) is 0. The first-order valence-corrected chi connectivity index (χ1v) is 8.64. The van der Waals surface area contributed by atoms with Gasteiger partial charge in [0.25, 0.3) is 5.91 Å². The van der Waals surface area contributed by atoms with Crippen molar-refractivity contribution in [3.05, 3.63) is 47.4 Å². The van der Waals surface area contributed by atoms with Crippen LogP contribution in [0.15, 0.2) is 34.5 Å². The summed E-state index contributed by atoms with van der Waals surface area (Å²) in [5.41, 5.74) is 3.44. The van der Waals surface area contributed by atoms with Crippen molar-refractivity contribution in [2.45, 2.75) is 25.5 Å². The van der Waals surface area contributed by atoms with E-state index in [-0.39, 0.29) is 17.6 Å². The van der Waals surface area contributed by atoms with Gasteiger partial charge in [0.05, 0.1) is 34.6 Å². The molecule has 0 unspecified atom stereocenters. The van der Waals surface area contributed by atoms with E-state index in [4.69, 9.17) is 4.42 Å². The molecule has 4 rings (SSSR count). The lowest BCUT2D eigenvalue weighted by Crippen LogP contribution is -2.60. The fraction of sp³-hybridized carbons (Fsp3) is 0.312. The van der Waals surface area contributed by atoms with Gasteiger partial charge in [-0.15, -0.1) is 16.4 Å². The maximum Gasteiger partial charge on any atom is 0.276 e. The Morgan fingerprint density at radius 1 is 1.44 bits per heavy atom. The Kier molecular flexibility index (Phi) is 4.02. The molecule has 0 saturated carbocycles. The minimum absolute atomic E-state index is 0.196. The molecule has 1 saturated heterocycles. The van der Waals surface area contributed by atoms with E-state index >= 15 is 0 Å². The number of thiazole rings is 1. The molecule has 25 heavy (non-hydrogen) atoms. The number of likely N-dealkylation sites (tertiary alicyclic amines) is 1. The standard InChI is InChI=1S/C16H15N5O3S/c1-9-13(22)6-21(9)16(23)12-7-24-15(18-12)4-10-2-3-11(20-19-10)14-5-17-8-25-14/h2-3,5,7-9,13,22H,4,6H2,1H3/t9-,13-/m0/s1. The van der Waals surface area contributed by atoms with Gasteiger partial charge in [-0.05, 0) is 19.1 Å². The summed E-state index contributed by atoms with van der Waals surface area (Å²) >= 11 is 1.50. The highest BCUT2D eigenvalue weighted by atomic mass is 32.1. The van der Waals surface area contributed by atoms with E-state index in [1.807, 2.05) is 12.1 Å². The molecule has 8 nitrogen and oxygen atoms in total. The summed E-state index contributed by atoms with van der Waals surface area (Å²) < 4.78 is 5.38. The zero-order valence-electron chi connectivity index (χ0n) is 13.4. The van der Waals surface area contributed by atoms with Crippen LogP contribution < -0.4 is 0 Å². The number of hydrogen-bond donors (Lipinski definition) is 1. The molecular formula is C16H15N5O3S. The maximum absolute atomic E-state index is 12.3. The summed E-state index contributed by atoms with van der Waals surface area (Å²) in [6.45, 7) is 2.13. The normalized spacial score (nSPS) is 19.7. The molecule has 0 aromatic carbocycles. The van der Waals surface area contributed by atoms with Gasteiger partial charge in [0.15, 0.2) is 5.69 Å². The quantitative estimate of drug-likeness (QED) is 0.752. The second kappa shape index (κ2) is 6.34. The van der Waals surface area contributed by atoms with Gasteiger partial charge in [-0.25, -0.2) is 4.98 Å². The lowest BCUT2D eigenvalue weighted by atomic mass is 10.0. The number of aromatic nitrogens is 4. The summed E-state index contributed by atoms with van der Waals surface area (Å²) in [5.74, 6) is 0.163. The largest absolute Gasteiger partial charge is 0.448 e. The first-order chi connectivity index (χ1) is 12.1. The Bertz CT molecular complexity index is 878. The zero-order valence-corrected chi connectivity index (χ0v) is 14.2. The lowest BCUT2D eigenvalue weighted by Gasteiger charge is -2.42. The van der Waals surface area contributed by atoms with Crippen LogP contribution in [0.5, 0.6) is 0 Å². The van der Waals surface area contributed by atoms with E-state index in [1.165, 1.54) is 17.6 Å². The van der Waals surface area contributed by atoms with Crippen LogP contribution in [0, 0.1) is 0 Å². The first kappa shape index (κ1) is 15.9. The number of carbonyl (C=O) groups excluding carboxylic acids is 1. The lowest BCUT2D eigenvalue weighted by molar-refractivity contribution is -0.0360. The third kappa shape index (κ3) is 3.03. The van der Waals surface area contributed by atoms with Crippen LogP contribution in [0.4, 0.5) is 0 Å². The van der Waals surface area contributed by atoms with Gasteiger partial charge >= 0.3 is 0 Å². The number of carbonyl (C=O) groups is 1. The number of nitrogens with zero attached hydrogens (tertiary/aromatic N) is 5. The number of rotatable bonds is 4. The van der Waals surface area contributed by atoms with Crippen LogP contribution >= 0.6 is 11.3 Å². The molecule has 1 aliphatic rings. The smallest absolute Gasteiger partial charge is 0.276 e. The van der Waals surface area contributed by atoms with E-state index in [2.05, 4.69) is 20.2 Å². The first-order valence-electron chi connectivity index (χ1n) is 7.76. The monoisotopic (exact) mass is 357 g/mol. The van der Waals surface area contributed by atoms with Gasteiger partial charge in [-0.2, -0.15) is 5.10 Å². The number of oxazole rings is 1. The average molecular weight is 357 g/mol. The topological polar surface area (TPSA) is 105 Å². The molecular weight excluding hydrogens is 342 g/mol. The molecule has 2 atom stereocenters. The highest BCUT2D eigenvalue weighted by molar-refractivity contribution is 7.13. The second-order valence-corrected chi connectivity index (χ2v) is 6.73. The second-order valence-electron chi connectivity index (χ2n) is 5.84. The summed E-state index contributed by atoms with van der Waals surface area (Å²) in [6, 6.07) is 3.52. The molecule has 1 fully saturated rings. The number of aliphatic hydroxyl groups excluding tert-OH is 1. The molecule has 3 aromatic rings. The minimum atomic E-state index is -0.470. The fourth-order valence-electron chi connectivity index (χ4n) is 2.58. The Labute approximate surface area is 147 Å². The molecule has 3 aromatic heterocycles. The molecule has 1 N–H and O–H groups in total. The summed E-state index contributed by atoms with van der Waals surface area (Å²) in [5, 5.41) is 17.9. The van der Waals surface area contributed by atoms with Gasteiger partial charge in [0.2, 0.25) is 5.89 Å². The van der Waals surface area contributed by atoms with Crippen molar-refractivity contribution >= 4 is 17.2 Å². The molecule has 0 bridgehead atoms. The van der Waals surface area contributed by atoms with Gasteiger partial charge in [-0.1, -0.05) is 0 Å². The Morgan fingerprint density at radius 2 is 2.32 bits per heavy atom. The van der Waals surface area contributed by atoms with E-state index in [9.17, 15) is 9.90 Å². The summed E-state index contributed by atoms with van der Waals surface area (Å²) in [6.07, 6.45) is 2.96. The van der Waals surface area contributed by atoms with Gasteiger partial charge in [-0.3, -0.25) is 9.78 Å². The van der Waals surface area contributed by atoms with E-state index < -0.39 is 6.10 Å². The molecule has 1 aliphatic heterocycles. The van der Waals surface area contributed by atoms with E-state index in [1.54, 1.807) is 23.5 Å². The van der Waals surface area contributed by atoms with Gasteiger partial charge in [0.1, 0.15) is 12.0 Å². The Balaban J connectivity index is 1.43. The van der Waals surface area contributed by atoms with Crippen molar-refractivity contribution < 1.29 is 14.3 Å². The molecule has 1 amide bonds. The third-order valence-electron chi connectivity index (χ3n) is 4.20. The minimum Gasteiger partial charge on any atom is -0.448 e. The predicted molar refractivity (Wildman–Crippen MR) is 89.0 cm³/mol. The summed E-state index contributed by atoms with van der Waals surface area (Å²) in [4.78, 5) is 23.0. The average Bonchev–Trinajstić information content (AvgIpc) is 3.31. The molecule has 0 aliphatic carbocycles. The molecule has 0 spiro atoms. The van der Waals surface area contributed by atoms with Gasteiger partial charge in [0, 0.05) is 12.7 Å². The Hall–Kier alpha value is -2.65. The van der Waals surface area contributed by atoms with Crippen molar-refractivity contribution in [3.63, 3.8) is 0 Å². The van der Waals surface area contributed by atoms with Crippen molar-refractivity contribution in [1.82, 2.24) is 25.1 Å². The zero-order chi connectivity index (χ0) is 17.4. The molecule has 128 valence electrons. The highest BCUT2D eigenvalue weighted by Crippen LogP contribution is 2.22. The number of amides is 1. The van der Waals surface area contributed by atoms with Crippen LogP contribution in [-0.4, -0.2) is 54.8 Å². The van der Waals surface area contributed by atoms with E-state index in [0.29, 0.717) is 24.6 Å². The molecule has 9 heteroatoms. The highest BCUT2D eigenvalue weighted by Gasteiger charge is 2.38. The van der Waals surface area contributed by atoms with Crippen LogP contribution in [0.1, 0.15) is 29.0 Å². The van der Waals surface area contributed by atoms with Crippen molar-refractivity contribution in [2.24, 2.45) is 0 Å². The Morgan fingerprint density at radius 3 is 2.96 bits per heavy atom. The van der Waals surface area contributed by atoms with E-state index in [0.717, 1.165) is 10.6 Å². The number of β-amino-alcohol motifs (C(OH)–C–C–N with tert-alkyl or cyclic N) is 1. The van der Waals surface area contributed by atoms with Crippen LogP contribution in [0.2, 0.25) is 0 Å². The SMILES string of the molecule is C[C@H]1[C@@H](O)CN1C(=O)c1coc(Cc2ccc(-c3cncs3)nn2)n1. The van der Waals surface area contributed by atoms with Crippen molar-refractivity contribution in [1.29, 1.82) is 0 Å².